The van der Waals surface area contributed by atoms with E-state index in [4.69, 9.17) is 4.74 Å². The smallest absolute Gasteiger partial charge is 0.326 e. The van der Waals surface area contributed by atoms with Crippen molar-refractivity contribution in [3.63, 3.8) is 0 Å². The summed E-state index contributed by atoms with van der Waals surface area (Å²) in [7, 11) is 0. The van der Waals surface area contributed by atoms with Gasteiger partial charge < -0.3 is 9.84 Å². The Kier molecular flexibility index (Phi) is 5.33. The monoisotopic (exact) mass is 349 g/mol. The largest absolute Gasteiger partial charge is 0.507 e. The second-order valence-electron chi connectivity index (χ2n) is 5.81. The Balaban J connectivity index is 2.20. The Morgan fingerprint density at radius 1 is 1.29 bits per heavy atom. The van der Waals surface area contributed by atoms with E-state index in [1.54, 1.807) is 45.9 Å². The number of esters is 1. The van der Waals surface area contributed by atoms with Crippen molar-refractivity contribution in [2.75, 3.05) is 6.54 Å². The maximum absolute atomic E-state index is 12.3. The van der Waals surface area contributed by atoms with E-state index in [2.05, 4.69) is 0 Å². The fourth-order valence-electron chi connectivity index (χ4n) is 2.29. The van der Waals surface area contributed by atoms with Gasteiger partial charge in [0.25, 0.3) is 11.1 Å². The molecule has 1 aromatic carbocycles. The Hall–Kier alpha value is -2.28. The number of imide groups is 1. The summed E-state index contributed by atoms with van der Waals surface area (Å²) in [6.45, 7) is 6.51. The van der Waals surface area contributed by atoms with E-state index < -0.39 is 23.7 Å². The number of carbonyl (C=O) groups is 3. The van der Waals surface area contributed by atoms with Crippen LogP contribution in [0.3, 0.4) is 0 Å². The zero-order valence-corrected chi connectivity index (χ0v) is 14.8. The molecule has 1 heterocycles. The molecular formula is C17H19NO5S. The lowest BCUT2D eigenvalue weighted by Crippen LogP contribution is -2.35. The number of phenols is 1. The highest BCUT2D eigenvalue weighted by Gasteiger charge is 2.36. The van der Waals surface area contributed by atoms with Crippen molar-refractivity contribution in [2.24, 2.45) is 0 Å². The van der Waals surface area contributed by atoms with Gasteiger partial charge in [-0.25, -0.2) is 0 Å². The highest BCUT2D eigenvalue weighted by molar-refractivity contribution is 8.18. The average Bonchev–Trinajstić information content (AvgIpc) is 2.71. The molecule has 0 spiro atoms. The van der Waals surface area contributed by atoms with Gasteiger partial charge in [0.05, 0.1) is 11.0 Å². The second kappa shape index (κ2) is 7.09. The maximum atomic E-state index is 12.3. The minimum absolute atomic E-state index is 0.205. The van der Waals surface area contributed by atoms with Crippen molar-refractivity contribution in [2.45, 2.75) is 33.8 Å². The maximum Gasteiger partial charge on any atom is 0.326 e. The topological polar surface area (TPSA) is 83.9 Å². The van der Waals surface area contributed by atoms with E-state index in [0.29, 0.717) is 16.7 Å². The van der Waals surface area contributed by atoms with Gasteiger partial charge >= 0.3 is 5.97 Å². The van der Waals surface area contributed by atoms with E-state index in [9.17, 15) is 19.5 Å². The van der Waals surface area contributed by atoms with Crippen molar-refractivity contribution in [3.05, 3.63) is 33.7 Å². The summed E-state index contributed by atoms with van der Waals surface area (Å²) in [5.74, 6) is -0.935. The molecule has 1 aliphatic rings. The summed E-state index contributed by atoms with van der Waals surface area (Å²) in [6.07, 6.45) is 1.27. The summed E-state index contributed by atoms with van der Waals surface area (Å²) in [4.78, 5) is 37.1. The molecule has 0 aromatic heterocycles. The molecule has 1 aromatic rings. The van der Waals surface area contributed by atoms with Crippen LogP contribution in [0.5, 0.6) is 5.75 Å². The van der Waals surface area contributed by atoms with Crippen LogP contribution in [0.2, 0.25) is 0 Å². The zero-order chi connectivity index (χ0) is 18.0. The first kappa shape index (κ1) is 18.1. The zero-order valence-electron chi connectivity index (χ0n) is 14.0. The number of thioether (sulfide) groups is 1. The SMILES string of the molecule is Cc1cc(/C=C2/SC(=O)N(CC(=O)OC(C)C)C2=O)cc(C)c1O. The molecule has 2 rings (SSSR count). The van der Waals surface area contributed by atoms with Gasteiger partial charge in [-0.05, 0) is 74.4 Å². The number of phenolic OH excluding ortho intramolecular Hbond substituents is 1. The van der Waals surface area contributed by atoms with Crippen molar-refractivity contribution in [1.82, 2.24) is 4.90 Å². The van der Waals surface area contributed by atoms with Gasteiger partial charge in [-0.1, -0.05) is 0 Å². The molecular weight excluding hydrogens is 330 g/mol. The second-order valence-corrected chi connectivity index (χ2v) is 6.80. The lowest BCUT2D eigenvalue weighted by molar-refractivity contribution is -0.149. The molecule has 24 heavy (non-hydrogen) atoms. The predicted octanol–water partition coefficient (Wildman–Crippen LogP) is 3.00. The van der Waals surface area contributed by atoms with E-state index in [-0.39, 0.29) is 16.8 Å². The predicted molar refractivity (Wildman–Crippen MR) is 91.5 cm³/mol. The van der Waals surface area contributed by atoms with E-state index in [0.717, 1.165) is 16.7 Å². The average molecular weight is 349 g/mol. The van der Waals surface area contributed by atoms with Crippen LogP contribution >= 0.6 is 11.8 Å². The number of amides is 2. The summed E-state index contributed by atoms with van der Waals surface area (Å²) in [5.41, 5.74) is 2.07. The number of benzene rings is 1. The highest BCUT2D eigenvalue weighted by Crippen LogP contribution is 2.33. The highest BCUT2D eigenvalue weighted by atomic mass is 32.2. The third-order valence-corrected chi connectivity index (χ3v) is 4.25. The molecule has 1 aliphatic heterocycles. The first-order valence-corrected chi connectivity index (χ1v) is 8.25. The standard InChI is InChI=1S/C17H19NO5S/c1-9(2)23-14(19)8-18-16(21)13(24-17(18)22)7-12-5-10(3)15(20)11(4)6-12/h5-7,9,20H,8H2,1-4H3/b13-7+. The molecule has 0 bridgehead atoms. The van der Waals surface area contributed by atoms with E-state index in [1.165, 1.54) is 0 Å². The lowest BCUT2D eigenvalue weighted by atomic mass is 10.1. The molecule has 0 radical (unpaired) electrons. The van der Waals surface area contributed by atoms with Crippen LogP contribution in [-0.2, 0) is 14.3 Å². The molecule has 7 heteroatoms. The minimum Gasteiger partial charge on any atom is -0.507 e. The first-order chi connectivity index (χ1) is 11.2. The van der Waals surface area contributed by atoms with Crippen LogP contribution in [0.4, 0.5) is 4.79 Å². The number of aromatic hydroxyl groups is 1. The molecule has 0 atom stereocenters. The lowest BCUT2D eigenvalue weighted by Gasteiger charge is -2.13. The summed E-state index contributed by atoms with van der Waals surface area (Å²) >= 11 is 0.782. The number of ether oxygens (including phenoxy) is 1. The van der Waals surface area contributed by atoms with Crippen LogP contribution < -0.4 is 0 Å². The third kappa shape index (κ3) is 3.97. The number of nitrogens with zero attached hydrogens (tertiary/aromatic N) is 1. The molecule has 2 amide bonds. The van der Waals surface area contributed by atoms with Crippen molar-refractivity contribution < 1.29 is 24.2 Å². The fraction of sp³-hybridized carbons (Fsp3) is 0.353. The molecule has 0 aliphatic carbocycles. The molecule has 1 saturated heterocycles. The Labute approximate surface area is 144 Å². The van der Waals surface area contributed by atoms with Crippen LogP contribution in [0, 0.1) is 13.8 Å². The number of hydrogen-bond donors (Lipinski definition) is 1. The molecule has 0 unspecified atom stereocenters. The third-order valence-electron chi connectivity index (χ3n) is 3.34. The summed E-state index contributed by atoms with van der Waals surface area (Å²) < 4.78 is 4.97. The summed E-state index contributed by atoms with van der Waals surface area (Å²) in [5, 5.41) is 9.29. The Bertz CT molecular complexity index is 715. The first-order valence-electron chi connectivity index (χ1n) is 7.44. The van der Waals surface area contributed by atoms with Crippen molar-refractivity contribution >= 4 is 35.0 Å². The Morgan fingerprint density at radius 3 is 2.42 bits per heavy atom. The van der Waals surface area contributed by atoms with Crippen LogP contribution in [-0.4, -0.2) is 39.8 Å². The normalized spacial score (nSPS) is 16.4. The Morgan fingerprint density at radius 2 is 1.88 bits per heavy atom. The van der Waals surface area contributed by atoms with Crippen LogP contribution in [0.25, 0.3) is 6.08 Å². The number of carbonyl (C=O) groups excluding carboxylic acids is 3. The van der Waals surface area contributed by atoms with Gasteiger partial charge in [-0.15, -0.1) is 0 Å². The quantitative estimate of drug-likeness (QED) is 0.664. The van der Waals surface area contributed by atoms with Crippen LogP contribution in [0.1, 0.15) is 30.5 Å². The molecule has 128 valence electrons. The van der Waals surface area contributed by atoms with Crippen molar-refractivity contribution in [3.8, 4) is 5.75 Å². The van der Waals surface area contributed by atoms with Gasteiger partial charge in [0.1, 0.15) is 12.3 Å². The van der Waals surface area contributed by atoms with E-state index >= 15 is 0 Å². The summed E-state index contributed by atoms with van der Waals surface area (Å²) in [6, 6.07) is 3.45. The molecule has 6 nitrogen and oxygen atoms in total. The number of hydrogen-bond acceptors (Lipinski definition) is 6. The molecule has 1 fully saturated rings. The molecule has 0 saturated carbocycles. The van der Waals surface area contributed by atoms with Gasteiger partial charge in [0.15, 0.2) is 0 Å². The fourth-order valence-corrected chi connectivity index (χ4v) is 3.13. The van der Waals surface area contributed by atoms with Gasteiger partial charge in [0, 0.05) is 0 Å². The van der Waals surface area contributed by atoms with Gasteiger partial charge in [-0.2, -0.15) is 0 Å². The van der Waals surface area contributed by atoms with Gasteiger partial charge in [-0.3, -0.25) is 19.3 Å². The number of rotatable bonds is 4. The van der Waals surface area contributed by atoms with Crippen molar-refractivity contribution in [1.29, 1.82) is 0 Å². The number of aryl methyl sites for hydroxylation is 2. The van der Waals surface area contributed by atoms with E-state index in [1.807, 2.05) is 0 Å². The van der Waals surface area contributed by atoms with Gasteiger partial charge in [0.2, 0.25) is 0 Å². The minimum atomic E-state index is -0.620. The molecule has 1 N–H and O–H groups in total. The van der Waals surface area contributed by atoms with Crippen LogP contribution in [0.15, 0.2) is 17.0 Å².